The molecule has 0 saturated heterocycles. The lowest BCUT2D eigenvalue weighted by atomic mass is 9.88. The van der Waals surface area contributed by atoms with Crippen LogP contribution in [0.15, 0.2) is 41.2 Å². The Morgan fingerprint density at radius 3 is 2.61 bits per heavy atom. The first-order valence-electron chi connectivity index (χ1n) is 10.9. The minimum atomic E-state index is -0.370. The number of thiocarbonyl (C=S) groups is 1. The molecule has 1 atom stereocenters. The maximum atomic E-state index is 13.3. The first kappa shape index (κ1) is 23.1. The number of nitrogens with zero attached hydrogens (tertiary/aromatic N) is 1. The van der Waals surface area contributed by atoms with Gasteiger partial charge in [-0.2, -0.15) is 0 Å². The summed E-state index contributed by atoms with van der Waals surface area (Å²) in [6.45, 7) is 3.80. The molecule has 33 heavy (non-hydrogen) atoms. The summed E-state index contributed by atoms with van der Waals surface area (Å²) in [5.74, 6) is 1.29. The molecule has 1 aliphatic heterocycles. The smallest absolute Gasteiger partial charge is 0.254 e. The molecule has 174 valence electrons. The largest absolute Gasteiger partial charge is 0.493 e. The first-order valence-corrected chi connectivity index (χ1v) is 11.3. The Bertz CT molecular complexity index is 1240. The Labute approximate surface area is 198 Å². The molecule has 2 aromatic carbocycles. The van der Waals surface area contributed by atoms with Crippen LogP contribution in [0.25, 0.3) is 10.9 Å². The van der Waals surface area contributed by atoms with Crippen molar-refractivity contribution in [2.75, 3.05) is 41.0 Å². The van der Waals surface area contributed by atoms with Gasteiger partial charge in [0.15, 0.2) is 16.6 Å². The van der Waals surface area contributed by atoms with Gasteiger partial charge in [-0.25, -0.2) is 0 Å². The summed E-state index contributed by atoms with van der Waals surface area (Å²) in [6, 6.07) is 11.6. The van der Waals surface area contributed by atoms with Crippen molar-refractivity contribution in [1.82, 2.24) is 15.2 Å². The van der Waals surface area contributed by atoms with Gasteiger partial charge in [0.1, 0.15) is 0 Å². The molecule has 1 aromatic heterocycles. The van der Waals surface area contributed by atoms with Crippen molar-refractivity contribution in [1.29, 1.82) is 0 Å². The number of aromatic amines is 1. The summed E-state index contributed by atoms with van der Waals surface area (Å²) >= 11 is 5.75. The number of hydrogen-bond donors (Lipinski definition) is 2. The highest BCUT2D eigenvalue weighted by Crippen LogP contribution is 2.40. The Hall–Kier alpha value is -3.10. The van der Waals surface area contributed by atoms with Gasteiger partial charge in [0.2, 0.25) is 0 Å². The fourth-order valence-corrected chi connectivity index (χ4v) is 4.70. The molecule has 1 aliphatic rings. The van der Waals surface area contributed by atoms with Crippen molar-refractivity contribution in [3.63, 3.8) is 0 Å². The SMILES string of the molecule is COCCNC(=S)N1CCc2cc(OC)c(OC)cc2C1c1cc2ccc(C)cc2[nH]c1=O. The highest BCUT2D eigenvalue weighted by atomic mass is 32.1. The second kappa shape index (κ2) is 9.80. The summed E-state index contributed by atoms with van der Waals surface area (Å²) < 4.78 is 16.3. The van der Waals surface area contributed by atoms with E-state index in [0.29, 0.717) is 41.9 Å². The number of ether oxygens (including phenoxy) is 3. The van der Waals surface area contributed by atoms with Gasteiger partial charge in [-0.1, -0.05) is 12.1 Å². The average Bonchev–Trinajstić information content (AvgIpc) is 2.82. The van der Waals surface area contributed by atoms with Crippen LogP contribution in [0, 0.1) is 6.92 Å². The molecule has 8 heteroatoms. The zero-order valence-corrected chi connectivity index (χ0v) is 20.2. The zero-order valence-electron chi connectivity index (χ0n) is 19.4. The first-order chi connectivity index (χ1) is 16.0. The maximum absolute atomic E-state index is 13.3. The van der Waals surface area contributed by atoms with E-state index in [1.165, 1.54) is 0 Å². The number of aromatic nitrogens is 1. The van der Waals surface area contributed by atoms with Gasteiger partial charge in [-0.05, 0) is 71.9 Å². The minimum absolute atomic E-state index is 0.134. The van der Waals surface area contributed by atoms with E-state index in [0.717, 1.165) is 34.0 Å². The highest BCUT2D eigenvalue weighted by molar-refractivity contribution is 7.80. The van der Waals surface area contributed by atoms with E-state index in [4.69, 9.17) is 26.4 Å². The number of H-pyrrole nitrogens is 1. The van der Waals surface area contributed by atoms with Crippen molar-refractivity contribution in [3.05, 3.63) is 69.0 Å². The lowest BCUT2D eigenvalue weighted by Crippen LogP contribution is -2.47. The third-order valence-electron chi connectivity index (χ3n) is 6.04. The van der Waals surface area contributed by atoms with E-state index in [1.807, 2.05) is 43.3 Å². The third kappa shape index (κ3) is 4.54. The van der Waals surface area contributed by atoms with Crippen LogP contribution in [0.3, 0.4) is 0 Å². The van der Waals surface area contributed by atoms with Crippen LogP contribution in [0.2, 0.25) is 0 Å². The fraction of sp³-hybridized carbons (Fsp3) is 0.360. The molecule has 4 rings (SSSR count). The predicted molar refractivity (Wildman–Crippen MR) is 134 cm³/mol. The molecule has 0 aliphatic carbocycles. The molecule has 3 aromatic rings. The molecule has 0 amide bonds. The van der Waals surface area contributed by atoms with Crippen LogP contribution in [0.5, 0.6) is 11.5 Å². The number of nitrogens with one attached hydrogen (secondary N) is 2. The van der Waals surface area contributed by atoms with E-state index in [2.05, 4.69) is 15.2 Å². The van der Waals surface area contributed by atoms with Crippen LogP contribution < -0.4 is 20.3 Å². The van der Waals surface area contributed by atoms with Crippen LogP contribution in [0.1, 0.15) is 28.3 Å². The Balaban J connectivity index is 1.87. The van der Waals surface area contributed by atoms with Gasteiger partial charge in [0.05, 0.1) is 26.9 Å². The van der Waals surface area contributed by atoms with E-state index in [-0.39, 0.29) is 11.6 Å². The Kier molecular flexibility index (Phi) is 6.85. The molecule has 2 heterocycles. The van der Waals surface area contributed by atoms with E-state index >= 15 is 0 Å². The second-order valence-electron chi connectivity index (χ2n) is 8.12. The highest BCUT2D eigenvalue weighted by Gasteiger charge is 2.33. The second-order valence-corrected chi connectivity index (χ2v) is 8.51. The molecule has 2 N–H and O–H groups in total. The molecule has 0 bridgehead atoms. The van der Waals surface area contributed by atoms with Crippen LogP contribution >= 0.6 is 12.2 Å². The zero-order chi connectivity index (χ0) is 23.5. The van der Waals surface area contributed by atoms with Crippen molar-refractivity contribution >= 4 is 28.2 Å². The summed E-state index contributed by atoms with van der Waals surface area (Å²) in [7, 11) is 4.89. The number of rotatable bonds is 6. The molecule has 7 nitrogen and oxygen atoms in total. The van der Waals surface area contributed by atoms with Crippen LogP contribution in [0.4, 0.5) is 0 Å². The van der Waals surface area contributed by atoms with E-state index < -0.39 is 0 Å². The van der Waals surface area contributed by atoms with E-state index in [1.54, 1.807) is 21.3 Å². The monoisotopic (exact) mass is 467 g/mol. The summed E-state index contributed by atoms with van der Waals surface area (Å²) in [5, 5.41) is 4.82. The van der Waals surface area contributed by atoms with Crippen molar-refractivity contribution < 1.29 is 14.2 Å². The normalized spacial score (nSPS) is 15.3. The number of benzene rings is 2. The molecule has 0 fully saturated rings. The average molecular weight is 468 g/mol. The van der Waals surface area contributed by atoms with Crippen molar-refractivity contribution in [2.24, 2.45) is 0 Å². The lowest BCUT2D eigenvalue weighted by Gasteiger charge is -2.39. The Morgan fingerprint density at radius 2 is 1.88 bits per heavy atom. The van der Waals surface area contributed by atoms with Crippen molar-refractivity contribution in [3.8, 4) is 11.5 Å². The fourth-order valence-electron chi connectivity index (χ4n) is 4.40. The number of hydrogen-bond acceptors (Lipinski definition) is 5. The predicted octanol–water partition coefficient (Wildman–Crippen LogP) is 3.32. The summed E-state index contributed by atoms with van der Waals surface area (Å²) in [6.07, 6.45) is 0.767. The number of pyridine rings is 1. The third-order valence-corrected chi connectivity index (χ3v) is 6.42. The minimum Gasteiger partial charge on any atom is -0.493 e. The molecule has 1 unspecified atom stereocenters. The quantitative estimate of drug-likeness (QED) is 0.425. The van der Waals surface area contributed by atoms with Gasteiger partial charge in [0, 0.05) is 31.3 Å². The Morgan fingerprint density at radius 1 is 1.12 bits per heavy atom. The molecular formula is C25H29N3O4S. The van der Waals surface area contributed by atoms with Gasteiger partial charge in [0.25, 0.3) is 5.56 Å². The molecule has 0 saturated carbocycles. The van der Waals surface area contributed by atoms with Crippen LogP contribution in [-0.2, 0) is 11.2 Å². The standard InChI is InChI=1S/C25H29N3O4S/c1-15-5-6-17-12-19(24(29)27-20(17)11-15)23-18-14-22(32-4)21(31-3)13-16(18)7-9-28(23)25(33)26-8-10-30-2/h5-6,11-14,23H,7-10H2,1-4H3,(H,26,33)(H,27,29). The molecule has 0 radical (unpaired) electrons. The molecular weight excluding hydrogens is 438 g/mol. The topological polar surface area (TPSA) is 75.8 Å². The lowest BCUT2D eigenvalue weighted by molar-refractivity contribution is 0.202. The van der Waals surface area contributed by atoms with E-state index in [9.17, 15) is 4.79 Å². The summed E-state index contributed by atoms with van der Waals surface area (Å²) in [5.41, 5.74) is 4.50. The maximum Gasteiger partial charge on any atom is 0.254 e. The van der Waals surface area contributed by atoms with Gasteiger partial charge in [-0.15, -0.1) is 0 Å². The number of methoxy groups -OCH3 is 3. The summed E-state index contributed by atoms with van der Waals surface area (Å²) in [4.78, 5) is 18.5. The van der Waals surface area contributed by atoms with Gasteiger partial charge in [-0.3, -0.25) is 4.79 Å². The van der Waals surface area contributed by atoms with Gasteiger partial charge < -0.3 is 29.4 Å². The number of fused-ring (bicyclic) bond motifs is 2. The number of aryl methyl sites for hydroxylation is 1. The molecule has 0 spiro atoms. The van der Waals surface area contributed by atoms with Crippen LogP contribution in [-0.4, -0.2) is 56.0 Å². The van der Waals surface area contributed by atoms with Crippen molar-refractivity contribution in [2.45, 2.75) is 19.4 Å². The van der Waals surface area contributed by atoms with Gasteiger partial charge >= 0.3 is 0 Å².